The number of carbonyl (C=O) groups excluding carboxylic acids is 1. The van der Waals surface area contributed by atoms with Crippen molar-refractivity contribution in [2.24, 2.45) is 0 Å². The molecule has 7 rings (SSSR count). The number of ether oxygens (including phenoxy) is 2. The summed E-state index contributed by atoms with van der Waals surface area (Å²) in [6, 6.07) is 36.8. The highest BCUT2D eigenvalue weighted by atomic mass is 16.7. The van der Waals surface area contributed by atoms with Crippen molar-refractivity contribution >= 4 is 5.97 Å². The summed E-state index contributed by atoms with van der Waals surface area (Å²) in [5.41, 5.74) is -5.48. The summed E-state index contributed by atoms with van der Waals surface area (Å²) in [4.78, 5) is 14.2. The molecule has 0 bridgehead atoms. The summed E-state index contributed by atoms with van der Waals surface area (Å²) in [7, 11) is 0. The van der Waals surface area contributed by atoms with Gasteiger partial charge >= 0.3 is 5.97 Å². The molecule has 1 unspecified atom stereocenters. The fourth-order valence-corrected chi connectivity index (χ4v) is 7.60. The highest BCUT2D eigenvalue weighted by Crippen LogP contribution is 2.76. The molecular weight excluding hydrogens is 504 g/mol. The third kappa shape index (κ3) is 2.99. The molecule has 1 saturated carbocycles. The van der Waals surface area contributed by atoms with Crippen LogP contribution in [0.3, 0.4) is 0 Å². The normalized spacial score (nSPS) is 36.2. The average molecular weight is 535 g/mol. The van der Waals surface area contributed by atoms with Crippen LogP contribution in [0.25, 0.3) is 0 Å². The van der Waals surface area contributed by atoms with Crippen molar-refractivity contribution in [1.29, 1.82) is 0 Å². The smallest absolute Gasteiger partial charge is 0.342 e. The van der Waals surface area contributed by atoms with E-state index in [1.54, 1.807) is 30.3 Å². The highest BCUT2D eigenvalue weighted by molar-refractivity contribution is 5.88. The molecule has 7 atom stereocenters. The molecule has 2 saturated heterocycles. The Balaban J connectivity index is 1.54. The van der Waals surface area contributed by atoms with Crippen LogP contribution < -0.4 is 0 Å². The average Bonchev–Trinajstić information content (AvgIpc) is 3.14. The molecule has 4 aromatic rings. The molecule has 0 spiro atoms. The molecule has 202 valence electrons. The number of rotatable bonds is 5. The Bertz CT molecular complexity index is 1530. The van der Waals surface area contributed by atoms with Gasteiger partial charge in [0.25, 0.3) is 0 Å². The van der Waals surface area contributed by atoms with Crippen LogP contribution in [0, 0.1) is 0 Å². The van der Waals surface area contributed by atoms with Crippen LogP contribution in [0.1, 0.15) is 40.7 Å². The monoisotopic (exact) mass is 534 g/mol. The molecule has 40 heavy (non-hydrogen) atoms. The Morgan fingerprint density at radius 1 is 0.725 bits per heavy atom. The van der Waals surface area contributed by atoms with Gasteiger partial charge in [0.15, 0.2) is 16.8 Å². The van der Waals surface area contributed by atoms with Gasteiger partial charge in [-0.1, -0.05) is 121 Å². The molecule has 0 amide bonds. The van der Waals surface area contributed by atoms with E-state index in [0.717, 1.165) is 11.1 Å². The third-order valence-electron chi connectivity index (χ3n) is 9.23. The van der Waals surface area contributed by atoms with Crippen LogP contribution in [-0.4, -0.2) is 44.2 Å². The predicted octanol–water partition coefficient (Wildman–Crippen LogP) is 4.20. The third-order valence-corrected chi connectivity index (χ3v) is 9.23. The van der Waals surface area contributed by atoms with Crippen LogP contribution in [0.4, 0.5) is 0 Å². The Hall–Kier alpha value is -3.81. The van der Waals surface area contributed by atoms with E-state index in [9.17, 15) is 20.1 Å². The van der Waals surface area contributed by atoms with Gasteiger partial charge in [-0.2, -0.15) is 0 Å². The van der Waals surface area contributed by atoms with E-state index in [4.69, 9.17) is 9.47 Å². The molecule has 3 fully saturated rings. The first-order valence-corrected chi connectivity index (χ1v) is 13.6. The first-order valence-electron chi connectivity index (χ1n) is 13.6. The SMILES string of the molecule is O=C1O[C@]23C(c4ccccc4)O[C@@]2([C@]1(O)Cc1ccccc1)[C@](O)(c1ccccc1)[C@H](O)C[C@H]3c1ccccc1. The molecule has 6 nitrogen and oxygen atoms in total. The van der Waals surface area contributed by atoms with Gasteiger partial charge in [0.2, 0.25) is 5.60 Å². The van der Waals surface area contributed by atoms with Gasteiger partial charge in [-0.25, -0.2) is 4.79 Å². The quantitative estimate of drug-likeness (QED) is 0.332. The minimum absolute atomic E-state index is 0.0819. The fourth-order valence-electron chi connectivity index (χ4n) is 7.60. The number of aliphatic hydroxyl groups excluding tert-OH is 1. The Morgan fingerprint density at radius 3 is 1.85 bits per heavy atom. The van der Waals surface area contributed by atoms with Crippen molar-refractivity contribution < 1.29 is 29.6 Å². The first kappa shape index (κ1) is 25.2. The summed E-state index contributed by atoms with van der Waals surface area (Å²) in [6.45, 7) is 0. The van der Waals surface area contributed by atoms with Crippen molar-refractivity contribution in [2.45, 2.75) is 53.4 Å². The zero-order valence-corrected chi connectivity index (χ0v) is 21.8. The molecule has 4 aromatic carbocycles. The Kier molecular flexibility index (Phi) is 5.57. The van der Waals surface area contributed by atoms with Crippen LogP contribution in [0.2, 0.25) is 0 Å². The molecule has 2 heterocycles. The second-order valence-corrected chi connectivity index (χ2v) is 11.1. The van der Waals surface area contributed by atoms with Crippen molar-refractivity contribution in [3.05, 3.63) is 144 Å². The number of aliphatic hydroxyl groups is 3. The topological polar surface area (TPSA) is 96.2 Å². The van der Waals surface area contributed by atoms with Crippen LogP contribution in [0.5, 0.6) is 0 Å². The number of hydrogen-bond acceptors (Lipinski definition) is 6. The lowest BCUT2D eigenvalue weighted by Crippen LogP contribution is -2.88. The van der Waals surface area contributed by atoms with Crippen molar-refractivity contribution in [2.75, 3.05) is 0 Å². The molecule has 6 heteroatoms. The lowest BCUT2D eigenvalue weighted by Gasteiger charge is -2.71. The van der Waals surface area contributed by atoms with E-state index in [2.05, 4.69) is 0 Å². The first-order chi connectivity index (χ1) is 19.4. The lowest BCUT2D eigenvalue weighted by molar-refractivity contribution is -0.446. The maximum absolute atomic E-state index is 14.2. The maximum Gasteiger partial charge on any atom is 0.342 e. The largest absolute Gasteiger partial charge is 0.450 e. The van der Waals surface area contributed by atoms with Crippen LogP contribution in [0.15, 0.2) is 121 Å². The van der Waals surface area contributed by atoms with E-state index in [1.807, 2.05) is 91.0 Å². The van der Waals surface area contributed by atoms with Gasteiger partial charge in [0, 0.05) is 12.3 Å². The van der Waals surface area contributed by atoms with Crippen LogP contribution in [-0.2, 0) is 26.3 Å². The second kappa shape index (κ2) is 8.85. The summed E-state index contributed by atoms with van der Waals surface area (Å²) < 4.78 is 13.2. The lowest BCUT2D eigenvalue weighted by atomic mass is 9.45. The fraction of sp³-hybridized carbons (Fsp3) is 0.265. The Labute approximate surface area is 232 Å². The number of esters is 1. The molecule has 0 radical (unpaired) electrons. The van der Waals surface area contributed by atoms with Gasteiger partial charge in [-0.15, -0.1) is 0 Å². The van der Waals surface area contributed by atoms with Gasteiger partial charge in [-0.05, 0) is 28.7 Å². The standard InChI is InChI=1S/C34H30O6/c35-28-21-27(24-15-7-2-8-16-24)33-29(25-17-9-3-10-18-25)39-34(33,32(28,38)26-19-11-4-12-20-26)31(37,30(36)40-33)22-23-13-5-1-6-14-23/h1-20,27-29,35,37-38H,21-22H2/t27-,28+,29?,31-,32-,33+,34-/m0/s1. The van der Waals surface area contributed by atoms with Crippen molar-refractivity contribution in [1.82, 2.24) is 0 Å². The van der Waals surface area contributed by atoms with Crippen LogP contribution >= 0.6 is 0 Å². The molecule has 0 aromatic heterocycles. The molecule has 1 aliphatic carbocycles. The number of hydrogen-bond donors (Lipinski definition) is 3. The van der Waals surface area contributed by atoms with Gasteiger partial charge in [0.05, 0.1) is 6.10 Å². The molecule has 3 aliphatic rings. The molecule has 2 aliphatic heterocycles. The minimum Gasteiger partial charge on any atom is -0.450 e. The van der Waals surface area contributed by atoms with E-state index < -0.39 is 46.5 Å². The zero-order chi connectivity index (χ0) is 27.6. The van der Waals surface area contributed by atoms with Gasteiger partial charge < -0.3 is 24.8 Å². The molecular formula is C34H30O6. The van der Waals surface area contributed by atoms with E-state index >= 15 is 0 Å². The van der Waals surface area contributed by atoms with E-state index in [1.165, 1.54) is 0 Å². The summed E-state index contributed by atoms with van der Waals surface area (Å²) in [5, 5.41) is 37.4. The predicted molar refractivity (Wildman–Crippen MR) is 147 cm³/mol. The summed E-state index contributed by atoms with van der Waals surface area (Å²) in [6.07, 6.45) is -2.27. The second-order valence-electron chi connectivity index (χ2n) is 11.1. The minimum atomic E-state index is -2.32. The molecule has 3 N–H and O–H groups in total. The highest BCUT2D eigenvalue weighted by Gasteiger charge is 2.95. The number of benzene rings is 4. The van der Waals surface area contributed by atoms with E-state index in [0.29, 0.717) is 11.1 Å². The van der Waals surface area contributed by atoms with Gasteiger partial charge in [-0.3, -0.25) is 0 Å². The Morgan fingerprint density at radius 2 is 1.25 bits per heavy atom. The summed E-state index contributed by atoms with van der Waals surface area (Å²) >= 11 is 0. The van der Waals surface area contributed by atoms with Gasteiger partial charge in [0.1, 0.15) is 6.10 Å². The zero-order valence-electron chi connectivity index (χ0n) is 21.8. The maximum atomic E-state index is 14.2. The van der Waals surface area contributed by atoms with Crippen molar-refractivity contribution in [3.8, 4) is 0 Å². The number of carbonyl (C=O) groups is 1. The van der Waals surface area contributed by atoms with E-state index in [-0.39, 0.29) is 12.8 Å². The summed E-state index contributed by atoms with van der Waals surface area (Å²) in [5.74, 6) is -1.46. The van der Waals surface area contributed by atoms with Crippen molar-refractivity contribution in [3.63, 3.8) is 0 Å².